The summed E-state index contributed by atoms with van der Waals surface area (Å²) in [6.45, 7) is 0.385. The van der Waals surface area contributed by atoms with Crippen LogP contribution in [0.5, 0.6) is 0 Å². The standard InChI is InChI=1S/C17H22F2N4O5/c18-17(19)4-1-11(2-5-17)21-16(27)28-13-3-6-22(9-13)12-7-14(24)23(20-8-12)10-15(25)26/h7-8,11,13H,1-6,9-10H2,(H,21,27)(H,25,26). The summed E-state index contributed by atoms with van der Waals surface area (Å²) in [5.74, 6) is -3.81. The highest BCUT2D eigenvalue weighted by molar-refractivity contribution is 5.68. The number of rotatable bonds is 5. The van der Waals surface area contributed by atoms with Crippen molar-refractivity contribution in [1.29, 1.82) is 0 Å². The highest BCUT2D eigenvalue weighted by Crippen LogP contribution is 2.33. The molecule has 11 heteroatoms. The molecular weight excluding hydrogens is 378 g/mol. The molecule has 2 heterocycles. The van der Waals surface area contributed by atoms with Gasteiger partial charge in [0.1, 0.15) is 12.6 Å². The van der Waals surface area contributed by atoms with Gasteiger partial charge in [0.2, 0.25) is 5.92 Å². The van der Waals surface area contributed by atoms with E-state index in [9.17, 15) is 23.2 Å². The zero-order valence-electron chi connectivity index (χ0n) is 15.1. The number of ether oxygens (including phenoxy) is 1. The Morgan fingerprint density at radius 1 is 1.32 bits per heavy atom. The van der Waals surface area contributed by atoms with Crippen molar-refractivity contribution in [3.8, 4) is 0 Å². The first-order chi connectivity index (χ1) is 13.2. The van der Waals surface area contributed by atoms with Gasteiger partial charge in [-0.15, -0.1) is 0 Å². The lowest BCUT2D eigenvalue weighted by atomic mass is 9.92. The molecular formula is C17H22F2N4O5. The lowest BCUT2D eigenvalue weighted by Crippen LogP contribution is -2.42. The van der Waals surface area contributed by atoms with E-state index in [2.05, 4.69) is 10.4 Å². The van der Waals surface area contributed by atoms with E-state index in [0.717, 1.165) is 4.68 Å². The molecule has 1 atom stereocenters. The van der Waals surface area contributed by atoms with Crippen LogP contribution in [0.25, 0.3) is 0 Å². The molecule has 1 aromatic heterocycles. The minimum Gasteiger partial charge on any atom is -0.480 e. The fourth-order valence-corrected chi connectivity index (χ4v) is 3.44. The van der Waals surface area contributed by atoms with Crippen LogP contribution in [0.2, 0.25) is 0 Å². The number of anilines is 1. The zero-order valence-corrected chi connectivity index (χ0v) is 15.1. The van der Waals surface area contributed by atoms with E-state index in [0.29, 0.717) is 25.2 Å². The van der Waals surface area contributed by atoms with Gasteiger partial charge >= 0.3 is 12.1 Å². The molecule has 1 aliphatic carbocycles. The minimum absolute atomic E-state index is 0.219. The fourth-order valence-electron chi connectivity index (χ4n) is 3.44. The average Bonchev–Trinajstić information content (AvgIpc) is 3.06. The van der Waals surface area contributed by atoms with E-state index >= 15 is 0 Å². The molecule has 0 spiro atoms. The van der Waals surface area contributed by atoms with E-state index in [1.165, 1.54) is 12.3 Å². The maximum atomic E-state index is 13.2. The average molecular weight is 400 g/mol. The van der Waals surface area contributed by atoms with E-state index in [-0.39, 0.29) is 31.7 Å². The Bertz CT molecular complexity index is 790. The highest BCUT2D eigenvalue weighted by atomic mass is 19.3. The Labute approximate surface area is 159 Å². The Morgan fingerprint density at radius 3 is 2.68 bits per heavy atom. The van der Waals surface area contributed by atoms with Crippen LogP contribution in [0.4, 0.5) is 19.3 Å². The van der Waals surface area contributed by atoms with Gasteiger partial charge in [-0.1, -0.05) is 0 Å². The number of hydrogen-bond acceptors (Lipinski definition) is 6. The van der Waals surface area contributed by atoms with Gasteiger partial charge in [-0.2, -0.15) is 5.10 Å². The molecule has 1 aliphatic heterocycles. The van der Waals surface area contributed by atoms with Gasteiger partial charge in [0.05, 0.1) is 18.4 Å². The monoisotopic (exact) mass is 400 g/mol. The normalized spacial score (nSPS) is 22.1. The van der Waals surface area contributed by atoms with Crippen LogP contribution < -0.4 is 15.8 Å². The third-order valence-corrected chi connectivity index (χ3v) is 4.96. The summed E-state index contributed by atoms with van der Waals surface area (Å²) in [4.78, 5) is 36.4. The fraction of sp³-hybridized carbons (Fsp3) is 0.647. The van der Waals surface area contributed by atoms with Crippen molar-refractivity contribution >= 4 is 17.7 Å². The van der Waals surface area contributed by atoms with Crippen molar-refractivity contribution in [3.63, 3.8) is 0 Å². The number of aromatic nitrogens is 2. The Hall–Kier alpha value is -2.72. The van der Waals surface area contributed by atoms with Crippen LogP contribution in [0.3, 0.4) is 0 Å². The molecule has 154 valence electrons. The van der Waals surface area contributed by atoms with Gasteiger partial charge < -0.3 is 20.1 Å². The molecule has 1 aromatic rings. The SMILES string of the molecule is O=C(O)Cn1ncc(N2CCC(OC(=O)NC3CCC(F)(F)CC3)C2)cc1=O. The first kappa shape index (κ1) is 20.0. The molecule has 1 amide bonds. The van der Waals surface area contributed by atoms with E-state index < -0.39 is 36.2 Å². The Kier molecular flexibility index (Phi) is 5.80. The van der Waals surface area contributed by atoms with Crippen molar-refractivity contribution in [2.24, 2.45) is 0 Å². The number of carboxylic acid groups (broad SMARTS) is 1. The summed E-state index contributed by atoms with van der Waals surface area (Å²) >= 11 is 0. The molecule has 0 aromatic carbocycles. The Balaban J connectivity index is 1.49. The van der Waals surface area contributed by atoms with Gasteiger partial charge in [-0.3, -0.25) is 9.59 Å². The van der Waals surface area contributed by atoms with Crippen LogP contribution in [-0.2, 0) is 16.1 Å². The number of carboxylic acids is 1. The third-order valence-electron chi connectivity index (χ3n) is 4.96. The summed E-state index contributed by atoms with van der Waals surface area (Å²) < 4.78 is 32.5. The number of alkyl halides is 2. The van der Waals surface area contributed by atoms with Gasteiger partial charge in [0.25, 0.3) is 5.56 Å². The predicted octanol–water partition coefficient (Wildman–Crippen LogP) is 1.21. The number of alkyl carbamates (subject to hydrolysis) is 1. The molecule has 2 fully saturated rings. The first-order valence-electron chi connectivity index (χ1n) is 9.11. The Morgan fingerprint density at radius 2 is 2.04 bits per heavy atom. The summed E-state index contributed by atoms with van der Waals surface area (Å²) in [5, 5.41) is 15.2. The van der Waals surface area contributed by atoms with Crippen LogP contribution in [-0.4, -0.2) is 58.1 Å². The zero-order chi connectivity index (χ0) is 20.3. The summed E-state index contributed by atoms with van der Waals surface area (Å²) in [6, 6.07) is 0.983. The van der Waals surface area contributed by atoms with Crippen molar-refractivity contribution in [2.75, 3.05) is 18.0 Å². The van der Waals surface area contributed by atoms with Crippen molar-refractivity contribution in [2.45, 2.75) is 56.7 Å². The maximum absolute atomic E-state index is 13.2. The van der Waals surface area contributed by atoms with Gasteiger partial charge in [-0.25, -0.2) is 18.3 Å². The largest absolute Gasteiger partial charge is 0.480 e. The van der Waals surface area contributed by atoms with Crippen LogP contribution in [0, 0.1) is 0 Å². The quantitative estimate of drug-likeness (QED) is 0.764. The topological polar surface area (TPSA) is 114 Å². The number of amides is 1. The number of aliphatic carboxylic acids is 1. The molecule has 3 rings (SSSR count). The highest BCUT2D eigenvalue weighted by Gasteiger charge is 2.36. The number of halogens is 2. The molecule has 2 N–H and O–H groups in total. The first-order valence-corrected chi connectivity index (χ1v) is 9.11. The molecule has 2 aliphatic rings. The minimum atomic E-state index is -2.65. The van der Waals surface area contributed by atoms with Gasteiger partial charge in [0.15, 0.2) is 0 Å². The van der Waals surface area contributed by atoms with Gasteiger partial charge in [0, 0.05) is 37.9 Å². The summed E-state index contributed by atoms with van der Waals surface area (Å²) in [6.07, 6.45) is 0.881. The van der Waals surface area contributed by atoms with E-state index in [1.54, 1.807) is 0 Å². The molecule has 1 unspecified atom stereocenters. The molecule has 0 bridgehead atoms. The number of carbonyl (C=O) groups is 2. The maximum Gasteiger partial charge on any atom is 0.407 e. The lowest BCUT2D eigenvalue weighted by Gasteiger charge is -2.28. The van der Waals surface area contributed by atoms with Gasteiger partial charge in [-0.05, 0) is 12.8 Å². The molecule has 0 radical (unpaired) electrons. The molecule has 1 saturated heterocycles. The second-order valence-corrected chi connectivity index (χ2v) is 7.14. The second kappa shape index (κ2) is 8.11. The molecule has 28 heavy (non-hydrogen) atoms. The summed E-state index contributed by atoms with van der Waals surface area (Å²) in [5.41, 5.74) is -0.0104. The van der Waals surface area contributed by atoms with Crippen molar-refractivity contribution in [3.05, 3.63) is 22.6 Å². The second-order valence-electron chi connectivity index (χ2n) is 7.14. The van der Waals surface area contributed by atoms with Crippen molar-refractivity contribution in [1.82, 2.24) is 15.1 Å². The van der Waals surface area contributed by atoms with Crippen molar-refractivity contribution < 1.29 is 28.2 Å². The molecule has 1 saturated carbocycles. The lowest BCUT2D eigenvalue weighted by molar-refractivity contribution is -0.138. The van der Waals surface area contributed by atoms with E-state index in [1.807, 2.05) is 4.90 Å². The predicted molar refractivity (Wildman–Crippen MR) is 93.6 cm³/mol. The van der Waals surface area contributed by atoms with E-state index in [4.69, 9.17) is 9.84 Å². The number of nitrogens with zero attached hydrogens (tertiary/aromatic N) is 3. The molecule has 9 nitrogen and oxygen atoms in total. The number of nitrogens with one attached hydrogen (secondary N) is 1. The van der Waals surface area contributed by atoms with Crippen LogP contribution in [0.15, 0.2) is 17.1 Å². The smallest absolute Gasteiger partial charge is 0.407 e. The summed E-state index contributed by atoms with van der Waals surface area (Å²) in [7, 11) is 0. The third kappa shape index (κ3) is 5.17. The number of carbonyl (C=O) groups excluding carboxylic acids is 1. The van der Waals surface area contributed by atoms with Crippen LogP contribution in [0.1, 0.15) is 32.1 Å². The number of hydrogen-bond donors (Lipinski definition) is 2. The van der Waals surface area contributed by atoms with Crippen LogP contribution >= 0.6 is 0 Å².